The van der Waals surface area contributed by atoms with Crippen LogP contribution in [0.2, 0.25) is 0 Å². The Kier molecular flexibility index (Phi) is 6.07. The molecule has 7 nitrogen and oxygen atoms in total. The quantitative estimate of drug-likeness (QED) is 0.561. The molecule has 0 aliphatic rings. The Balaban J connectivity index is 0.000000245. The highest BCUT2D eigenvalue weighted by Gasteiger charge is 1.71. The molecule has 2 rings (SSSR count). The maximum Gasteiger partial charge on any atom is 0.250 e. The first-order chi connectivity index (χ1) is 6.79. The van der Waals surface area contributed by atoms with Crippen molar-refractivity contribution in [2.45, 2.75) is 0 Å². The fourth-order valence-corrected chi connectivity index (χ4v) is 0.606. The monoisotopic (exact) mass is 210 g/mol. The third-order valence-corrected chi connectivity index (χ3v) is 1.19. The van der Waals surface area contributed by atoms with Crippen molar-refractivity contribution < 1.29 is 5.48 Å². The molecule has 0 aromatic carbocycles. The number of H-pyrrole nitrogens is 2. The first-order valence-corrected chi connectivity index (χ1v) is 3.76. The van der Waals surface area contributed by atoms with E-state index < -0.39 is 0 Å². The normalized spacial score (nSPS) is 8.00. The van der Waals surface area contributed by atoms with Crippen LogP contribution in [0, 0.1) is 0 Å². The zero-order valence-corrected chi connectivity index (χ0v) is 7.68. The summed E-state index contributed by atoms with van der Waals surface area (Å²) in [4.78, 5) is 32.3. The minimum atomic E-state index is -0.116. The Morgan fingerprint density at radius 3 is 1.40 bits per heavy atom. The standard InChI is InChI=1S/2C4H4N2O.H2O/c2*7-4-1-2-5-3-6-4;/h2*1-3H,(H,5,6,7);1H2. The zero-order valence-electron chi connectivity index (χ0n) is 7.68. The lowest BCUT2D eigenvalue weighted by atomic mass is 10.7. The van der Waals surface area contributed by atoms with Crippen molar-refractivity contribution in [1.29, 1.82) is 0 Å². The molecule has 4 N–H and O–H groups in total. The molecule has 0 aliphatic carbocycles. The summed E-state index contributed by atoms with van der Waals surface area (Å²) >= 11 is 0. The minimum absolute atomic E-state index is 0. The van der Waals surface area contributed by atoms with Crippen LogP contribution in [0.3, 0.4) is 0 Å². The number of hydrogen-bond donors (Lipinski definition) is 2. The van der Waals surface area contributed by atoms with E-state index in [0.717, 1.165) is 0 Å². The highest BCUT2D eigenvalue weighted by atomic mass is 16.1. The van der Waals surface area contributed by atoms with Gasteiger partial charge in [0.05, 0.1) is 12.7 Å². The highest BCUT2D eigenvalue weighted by molar-refractivity contribution is 4.77. The van der Waals surface area contributed by atoms with Crippen molar-refractivity contribution >= 4 is 0 Å². The molecule has 7 heteroatoms. The van der Waals surface area contributed by atoms with E-state index in [1.807, 2.05) is 0 Å². The van der Waals surface area contributed by atoms with Gasteiger partial charge in [0.15, 0.2) is 0 Å². The van der Waals surface area contributed by atoms with Gasteiger partial charge in [-0.3, -0.25) is 9.59 Å². The number of rotatable bonds is 0. The van der Waals surface area contributed by atoms with E-state index >= 15 is 0 Å². The second-order valence-electron chi connectivity index (χ2n) is 2.20. The van der Waals surface area contributed by atoms with Crippen LogP contribution in [-0.2, 0) is 0 Å². The Morgan fingerprint density at radius 1 is 0.867 bits per heavy atom. The summed E-state index contributed by atoms with van der Waals surface area (Å²) in [6.07, 6.45) is 5.59. The van der Waals surface area contributed by atoms with Gasteiger partial charge in [-0.2, -0.15) is 0 Å². The average molecular weight is 210 g/mol. The largest absolute Gasteiger partial charge is 0.412 e. The molecule has 15 heavy (non-hydrogen) atoms. The molecule has 0 saturated heterocycles. The Hall–Kier alpha value is -2.28. The molecule has 0 unspecified atom stereocenters. The Bertz CT molecular complexity index is 399. The maximum atomic E-state index is 10.2. The van der Waals surface area contributed by atoms with Crippen LogP contribution in [-0.4, -0.2) is 25.4 Å². The van der Waals surface area contributed by atoms with Gasteiger partial charge < -0.3 is 15.4 Å². The number of aromatic nitrogens is 4. The number of aromatic amines is 2. The summed E-state index contributed by atoms with van der Waals surface area (Å²) in [6, 6.07) is 2.72. The van der Waals surface area contributed by atoms with Crippen LogP contribution in [0.15, 0.2) is 46.8 Å². The third-order valence-electron chi connectivity index (χ3n) is 1.19. The molecule has 2 heterocycles. The van der Waals surface area contributed by atoms with Crippen molar-refractivity contribution in [3.8, 4) is 0 Å². The van der Waals surface area contributed by atoms with Crippen molar-refractivity contribution in [1.82, 2.24) is 19.9 Å². The maximum absolute atomic E-state index is 10.2. The Morgan fingerprint density at radius 2 is 1.27 bits per heavy atom. The van der Waals surface area contributed by atoms with E-state index in [2.05, 4.69) is 19.9 Å². The van der Waals surface area contributed by atoms with E-state index in [9.17, 15) is 9.59 Å². The number of hydrogen-bond acceptors (Lipinski definition) is 4. The van der Waals surface area contributed by atoms with Crippen molar-refractivity contribution in [2.24, 2.45) is 0 Å². The molecule has 2 aromatic rings. The molecule has 2 aromatic heterocycles. The molecular weight excluding hydrogens is 200 g/mol. The predicted molar refractivity (Wildman–Crippen MR) is 53.3 cm³/mol. The predicted octanol–water partition coefficient (Wildman–Crippen LogP) is -1.28. The second-order valence-corrected chi connectivity index (χ2v) is 2.20. The summed E-state index contributed by atoms with van der Waals surface area (Å²) in [7, 11) is 0. The smallest absolute Gasteiger partial charge is 0.250 e. The van der Waals surface area contributed by atoms with E-state index in [1.54, 1.807) is 0 Å². The second kappa shape index (κ2) is 7.15. The van der Waals surface area contributed by atoms with Gasteiger partial charge in [0.2, 0.25) is 0 Å². The molecular formula is C8H10N4O3. The summed E-state index contributed by atoms with van der Waals surface area (Å²) in [6.45, 7) is 0. The van der Waals surface area contributed by atoms with Crippen LogP contribution in [0.4, 0.5) is 0 Å². The van der Waals surface area contributed by atoms with Crippen LogP contribution < -0.4 is 11.1 Å². The molecule has 0 aliphatic heterocycles. The first kappa shape index (κ1) is 12.7. The van der Waals surface area contributed by atoms with Crippen LogP contribution in [0.25, 0.3) is 0 Å². The van der Waals surface area contributed by atoms with Crippen LogP contribution in [0.5, 0.6) is 0 Å². The summed E-state index contributed by atoms with van der Waals surface area (Å²) in [5.74, 6) is 0. The van der Waals surface area contributed by atoms with E-state index in [4.69, 9.17) is 0 Å². The molecule has 0 fully saturated rings. The molecule has 0 amide bonds. The van der Waals surface area contributed by atoms with E-state index in [0.29, 0.717) is 0 Å². The fraction of sp³-hybridized carbons (Fsp3) is 0. The average Bonchev–Trinajstić information content (AvgIpc) is 2.21. The van der Waals surface area contributed by atoms with Crippen molar-refractivity contribution in [2.75, 3.05) is 0 Å². The van der Waals surface area contributed by atoms with Gasteiger partial charge in [-0.05, 0) is 0 Å². The summed E-state index contributed by atoms with van der Waals surface area (Å²) in [5, 5.41) is 0. The van der Waals surface area contributed by atoms with Gasteiger partial charge in [0.25, 0.3) is 11.1 Å². The molecule has 80 valence electrons. The lowest BCUT2D eigenvalue weighted by molar-refractivity contribution is 0.824. The van der Waals surface area contributed by atoms with Gasteiger partial charge in [0.1, 0.15) is 0 Å². The van der Waals surface area contributed by atoms with Crippen molar-refractivity contribution in [3.63, 3.8) is 0 Å². The van der Waals surface area contributed by atoms with Gasteiger partial charge in [-0.25, -0.2) is 9.97 Å². The molecule has 0 bridgehead atoms. The molecule has 0 atom stereocenters. The lowest BCUT2D eigenvalue weighted by Gasteiger charge is -1.73. The topological polar surface area (TPSA) is 123 Å². The fourth-order valence-electron chi connectivity index (χ4n) is 0.606. The van der Waals surface area contributed by atoms with Crippen LogP contribution in [0.1, 0.15) is 0 Å². The molecule has 0 spiro atoms. The van der Waals surface area contributed by atoms with Gasteiger partial charge in [0, 0.05) is 24.5 Å². The minimum Gasteiger partial charge on any atom is -0.412 e. The Labute approximate surface area is 84.2 Å². The van der Waals surface area contributed by atoms with Gasteiger partial charge in [-0.15, -0.1) is 0 Å². The number of nitrogens with one attached hydrogen (secondary N) is 2. The third kappa shape index (κ3) is 5.88. The van der Waals surface area contributed by atoms with Gasteiger partial charge in [-0.1, -0.05) is 0 Å². The zero-order chi connectivity index (χ0) is 10.2. The van der Waals surface area contributed by atoms with E-state index in [-0.39, 0.29) is 16.6 Å². The number of nitrogens with zero attached hydrogens (tertiary/aromatic N) is 2. The highest BCUT2D eigenvalue weighted by Crippen LogP contribution is 1.58. The summed E-state index contributed by atoms with van der Waals surface area (Å²) in [5.41, 5.74) is -0.231. The SMILES string of the molecule is O.O=c1ccnc[nH]1.O=c1ccnc[nH]1. The summed E-state index contributed by atoms with van der Waals surface area (Å²) < 4.78 is 0. The van der Waals surface area contributed by atoms with Crippen molar-refractivity contribution in [3.05, 3.63) is 57.9 Å². The molecule has 0 radical (unpaired) electrons. The first-order valence-electron chi connectivity index (χ1n) is 3.76. The molecule has 0 saturated carbocycles. The van der Waals surface area contributed by atoms with Gasteiger partial charge >= 0.3 is 0 Å². The van der Waals surface area contributed by atoms with Crippen LogP contribution >= 0.6 is 0 Å². The lowest BCUT2D eigenvalue weighted by Crippen LogP contribution is -2.00. The van der Waals surface area contributed by atoms with E-state index in [1.165, 1.54) is 37.2 Å².